The van der Waals surface area contributed by atoms with Gasteiger partial charge in [-0.25, -0.2) is 0 Å². The van der Waals surface area contributed by atoms with E-state index < -0.39 is 0 Å². The fourth-order valence-corrected chi connectivity index (χ4v) is 1.57. The molecule has 18 heavy (non-hydrogen) atoms. The molecule has 1 aromatic carbocycles. The van der Waals surface area contributed by atoms with Crippen LogP contribution in [0.2, 0.25) is 0 Å². The molecule has 0 aliphatic carbocycles. The molecule has 6 heteroatoms. The molecule has 0 fully saturated rings. The quantitative estimate of drug-likeness (QED) is 0.556. The van der Waals surface area contributed by atoms with Gasteiger partial charge in [0.1, 0.15) is 0 Å². The molecule has 1 heterocycles. The lowest BCUT2D eigenvalue weighted by atomic mass is 10.1. The van der Waals surface area contributed by atoms with Gasteiger partial charge in [-0.2, -0.15) is 0 Å². The number of anilines is 1. The Labute approximate surface area is 104 Å². The number of amides is 1. The van der Waals surface area contributed by atoms with Crippen molar-refractivity contribution in [3.05, 3.63) is 47.3 Å². The van der Waals surface area contributed by atoms with Crippen LogP contribution in [0.4, 0.5) is 5.69 Å². The molecule has 4 N–H and O–H groups in total. The summed E-state index contributed by atoms with van der Waals surface area (Å²) in [4.78, 5) is 11.9. The van der Waals surface area contributed by atoms with Gasteiger partial charge in [0.15, 0.2) is 5.76 Å². The predicted molar refractivity (Wildman–Crippen MR) is 66.7 cm³/mol. The first-order chi connectivity index (χ1) is 8.70. The van der Waals surface area contributed by atoms with Crippen LogP contribution < -0.4 is 16.6 Å². The summed E-state index contributed by atoms with van der Waals surface area (Å²) in [6.07, 6.45) is 1.54. The lowest BCUT2D eigenvalue weighted by Crippen LogP contribution is -2.22. The van der Waals surface area contributed by atoms with Gasteiger partial charge in [0.05, 0.1) is 18.4 Å². The summed E-state index contributed by atoms with van der Waals surface area (Å²) >= 11 is 0. The van der Waals surface area contributed by atoms with E-state index in [0.29, 0.717) is 17.9 Å². The van der Waals surface area contributed by atoms with Gasteiger partial charge in [0.2, 0.25) is 0 Å². The zero-order chi connectivity index (χ0) is 13.0. The smallest absolute Gasteiger partial charge is 0.251 e. The zero-order valence-corrected chi connectivity index (χ0v) is 9.93. The number of hydrogen-bond acceptors (Lipinski definition) is 5. The second-order valence-corrected chi connectivity index (χ2v) is 3.84. The number of nitrogens with zero attached hydrogens (tertiary/aromatic N) is 1. The maximum Gasteiger partial charge on any atom is 0.251 e. The first-order valence-electron chi connectivity index (χ1n) is 5.45. The molecule has 1 aromatic heterocycles. The van der Waals surface area contributed by atoms with Gasteiger partial charge in [0.25, 0.3) is 5.91 Å². The van der Waals surface area contributed by atoms with Crippen molar-refractivity contribution in [3.63, 3.8) is 0 Å². The van der Waals surface area contributed by atoms with E-state index in [1.54, 1.807) is 24.3 Å². The standard InChI is InChI=1S/C12H14N4O2/c1-8-6-9(2-3-11(8)16-13)12(17)14-7-10-4-5-15-18-10/h2-6,16H,7,13H2,1H3,(H,14,17). The molecule has 0 aliphatic rings. The number of nitrogens with two attached hydrogens (primary N) is 1. The Hall–Kier alpha value is -2.34. The van der Waals surface area contributed by atoms with Gasteiger partial charge in [0, 0.05) is 11.6 Å². The number of benzene rings is 1. The molecule has 0 unspecified atom stereocenters. The van der Waals surface area contributed by atoms with Gasteiger partial charge in [-0.15, -0.1) is 0 Å². The van der Waals surface area contributed by atoms with E-state index in [4.69, 9.17) is 10.4 Å². The Balaban J connectivity index is 2.02. The van der Waals surface area contributed by atoms with E-state index in [-0.39, 0.29) is 5.91 Å². The average Bonchev–Trinajstić information content (AvgIpc) is 2.89. The summed E-state index contributed by atoms with van der Waals surface area (Å²) in [5, 5.41) is 6.30. The Bertz CT molecular complexity index is 537. The van der Waals surface area contributed by atoms with Crippen LogP contribution in [0.15, 0.2) is 35.0 Å². The zero-order valence-electron chi connectivity index (χ0n) is 9.93. The molecule has 2 rings (SSSR count). The van der Waals surface area contributed by atoms with Crippen LogP contribution in [-0.2, 0) is 6.54 Å². The van der Waals surface area contributed by atoms with Crippen LogP contribution in [0, 0.1) is 6.92 Å². The summed E-state index contributed by atoms with van der Waals surface area (Å²) in [6.45, 7) is 2.19. The number of aromatic nitrogens is 1. The van der Waals surface area contributed by atoms with Crippen molar-refractivity contribution < 1.29 is 9.32 Å². The molecule has 6 nitrogen and oxygen atoms in total. The maximum absolute atomic E-state index is 11.9. The number of hydrazine groups is 1. The van der Waals surface area contributed by atoms with Gasteiger partial charge >= 0.3 is 0 Å². The van der Waals surface area contributed by atoms with Crippen LogP contribution in [-0.4, -0.2) is 11.1 Å². The minimum absolute atomic E-state index is 0.168. The van der Waals surface area contributed by atoms with Gasteiger partial charge in [-0.1, -0.05) is 5.16 Å². The molecular formula is C12H14N4O2. The lowest BCUT2D eigenvalue weighted by molar-refractivity contribution is 0.0947. The van der Waals surface area contributed by atoms with Crippen LogP contribution in [0.1, 0.15) is 21.7 Å². The summed E-state index contributed by atoms with van der Waals surface area (Å²) in [7, 11) is 0. The molecule has 0 aliphatic heterocycles. The number of hydrogen-bond donors (Lipinski definition) is 3. The fraction of sp³-hybridized carbons (Fsp3) is 0.167. The molecule has 0 spiro atoms. The molecule has 0 radical (unpaired) electrons. The largest absolute Gasteiger partial charge is 0.360 e. The van der Waals surface area contributed by atoms with Crippen molar-refractivity contribution in [2.45, 2.75) is 13.5 Å². The predicted octanol–water partition coefficient (Wildman–Crippen LogP) is 1.20. The normalized spacial score (nSPS) is 10.1. The third-order valence-corrected chi connectivity index (χ3v) is 2.56. The number of nitrogens with one attached hydrogen (secondary N) is 2. The third-order valence-electron chi connectivity index (χ3n) is 2.56. The van der Waals surface area contributed by atoms with E-state index >= 15 is 0 Å². The van der Waals surface area contributed by atoms with Gasteiger partial charge < -0.3 is 15.3 Å². The highest BCUT2D eigenvalue weighted by atomic mass is 16.5. The Kier molecular flexibility index (Phi) is 3.59. The highest BCUT2D eigenvalue weighted by molar-refractivity contribution is 5.94. The van der Waals surface area contributed by atoms with Crippen molar-refractivity contribution in [1.29, 1.82) is 0 Å². The van der Waals surface area contributed by atoms with Crippen LogP contribution >= 0.6 is 0 Å². The van der Waals surface area contributed by atoms with Gasteiger partial charge in [-0.3, -0.25) is 10.6 Å². The average molecular weight is 246 g/mol. The molecule has 94 valence electrons. The number of carbonyl (C=O) groups excluding carboxylic acids is 1. The van der Waals surface area contributed by atoms with E-state index in [1.165, 1.54) is 6.20 Å². The number of rotatable bonds is 4. The molecule has 0 saturated heterocycles. The summed E-state index contributed by atoms with van der Waals surface area (Å²) in [6, 6.07) is 6.94. The second-order valence-electron chi connectivity index (χ2n) is 3.84. The summed E-state index contributed by atoms with van der Waals surface area (Å²) in [5.74, 6) is 5.77. The first-order valence-corrected chi connectivity index (χ1v) is 5.45. The lowest BCUT2D eigenvalue weighted by Gasteiger charge is -2.07. The van der Waals surface area contributed by atoms with Gasteiger partial charge in [-0.05, 0) is 30.7 Å². The molecular weight excluding hydrogens is 232 g/mol. The molecule has 1 amide bonds. The summed E-state index contributed by atoms with van der Waals surface area (Å²) < 4.78 is 4.89. The Morgan fingerprint density at radius 2 is 2.28 bits per heavy atom. The number of carbonyl (C=O) groups is 1. The van der Waals surface area contributed by atoms with Crippen LogP contribution in [0.3, 0.4) is 0 Å². The SMILES string of the molecule is Cc1cc(C(=O)NCc2ccno2)ccc1NN. The van der Waals surface area contributed by atoms with Crippen LogP contribution in [0.25, 0.3) is 0 Å². The van der Waals surface area contributed by atoms with E-state index in [9.17, 15) is 4.79 Å². The topological polar surface area (TPSA) is 93.2 Å². The fourth-order valence-electron chi connectivity index (χ4n) is 1.57. The third kappa shape index (κ3) is 2.67. The van der Waals surface area contributed by atoms with Crippen molar-refractivity contribution in [1.82, 2.24) is 10.5 Å². The summed E-state index contributed by atoms with van der Waals surface area (Å²) in [5.41, 5.74) is 4.84. The Morgan fingerprint density at radius 1 is 1.44 bits per heavy atom. The van der Waals surface area contributed by atoms with E-state index in [0.717, 1.165) is 11.3 Å². The van der Waals surface area contributed by atoms with Crippen molar-refractivity contribution in [2.24, 2.45) is 5.84 Å². The van der Waals surface area contributed by atoms with Crippen molar-refractivity contribution in [3.8, 4) is 0 Å². The Morgan fingerprint density at radius 3 is 2.89 bits per heavy atom. The second kappa shape index (κ2) is 5.33. The first kappa shape index (κ1) is 12.1. The monoisotopic (exact) mass is 246 g/mol. The van der Waals surface area contributed by atoms with Crippen molar-refractivity contribution in [2.75, 3.05) is 5.43 Å². The van der Waals surface area contributed by atoms with E-state index in [1.807, 2.05) is 6.92 Å². The highest BCUT2D eigenvalue weighted by Crippen LogP contribution is 2.15. The van der Waals surface area contributed by atoms with E-state index in [2.05, 4.69) is 15.9 Å². The molecule has 0 atom stereocenters. The van der Waals surface area contributed by atoms with Crippen LogP contribution in [0.5, 0.6) is 0 Å². The molecule has 0 saturated carbocycles. The number of nitrogen functional groups attached to an aromatic ring is 1. The maximum atomic E-state index is 11.9. The van der Waals surface area contributed by atoms with Crippen molar-refractivity contribution >= 4 is 11.6 Å². The highest BCUT2D eigenvalue weighted by Gasteiger charge is 2.08. The minimum atomic E-state index is -0.168. The number of aryl methyl sites for hydroxylation is 1. The molecule has 0 bridgehead atoms. The molecule has 2 aromatic rings. The minimum Gasteiger partial charge on any atom is -0.360 e.